The van der Waals surface area contributed by atoms with E-state index in [1.165, 1.54) is 51.1 Å². The standard InChI is InChI=1S/C18H24N2O2/c21-17(22)14-9-13-4-8-20(12-16(13)19-11-14)15-3-1-5-18(10-15)6-2-7-18/h9,11,15H,1-8,10,12H2,(H,21,22)/t15-/m0/s1. The first-order valence-electron chi connectivity index (χ1n) is 8.60. The van der Waals surface area contributed by atoms with Gasteiger partial charge in [-0.05, 0) is 55.6 Å². The molecule has 4 nitrogen and oxygen atoms in total. The Bertz CT molecular complexity index is 595. The van der Waals surface area contributed by atoms with Crippen molar-refractivity contribution in [2.75, 3.05) is 6.54 Å². The van der Waals surface area contributed by atoms with Crippen LogP contribution in [0.3, 0.4) is 0 Å². The maximum Gasteiger partial charge on any atom is 0.337 e. The van der Waals surface area contributed by atoms with Crippen LogP contribution in [0.4, 0.5) is 0 Å². The molecule has 4 heteroatoms. The van der Waals surface area contributed by atoms with Crippen molar-refractivity contribution in [3.63, 3.8) is 0 Å². The number of carboxylic acid groups (broad SMARTS) is 1. The Labute approximate surface area is 131 Å². The van der Waals surface area contributed by atoms with Crippen LogP contribution in [0.1, 0.15) is 66.6 Å². The topological polar surface area (TPSA) is 53.4 Å². The van der Waals surface area contributed by atoms with Crippen molar-refractivity contribution in [3.05, 3.63) is 29.1 Å². The molecule has 0 aromatic carbocycles. The minimum Gasteiger partial charge on any atom is -0.478 e. The Hall–Kier alpha value is -1.42. The molecule has 0 saturated heterocycles. The molecule has 1 aliphatic heterocycles. The number of aromatic carboxylic acids is 1. The summed E-state index contributed by atoms with van der Waals surface area (Å²) >= 11 is 0. The van der Waals surface area contributed by atoms with Crippen LogP contribution in [0, 0.1) is 5.41 Å². The van der Waals surface area contributed by atoms with Crippen LogP contribution in [0.15, 0.2) is 12.3 Å². The first-order valence-corrected chi connectivity index (χ1v) is 8.60. The van der Waals surface area contributed by atoms with Crippen molar-refractivity contribution in [3.8, 4) is 0 Å². The molecule has 0 radical (unpaired) electrons. The van der Waals surface area contributed by atoms with Gasteiger partial charge in [0.1, 0.15) is 0 Å². The van der Waals surface area contributed by atoms with E-state index < -0.39 is 5.97 Å². The summed E-state index contributed by atoms with van der Waals surface area (Å²) in [6.45, 7) is 1.95. The summed E-state index contributed by atoms with van der Waals surface area (Å²) in [4.78, 5) is 18.1. The van der Waals surface area contributed by atoms with E-state index in [2.05, 4.69) is 9.88 Å². The summed E-state index contributed by atoms with van der Waals surface area (Å²) in [5.74, 6) is -0.878. The van der Waals surface area contributed by atoms with Gasteiger partial charge in [0.15, 0.2) is 0 Å². The number of hydrogen-bond donors (Lipinski definition) is 1. The van der Waals surface area contributed by atoms with Gasteiger partial charge in [0.05, 0.1) is 11.3 Å². The summed E-state index contributed by atoms with van der Waals surface area (Å²) in [5, 5.41) is 9.08. The van der Waals surface area contributed by atoms with Gasteiger partial charge < -0.3 is 5.11 Å². The van der Waals surface area contributed by atoms with Crippen LogP contribution in [0.25, 0.3) is 0 Å². The van der Waals surface area contributed by atoms with E-state index in [1.54, 1.807) is 0 Å². The van der Waals surface area contributed by atoms with E-state index in [9.17, 15) is 4.79 Å². The number of fused-ring (bicyclic) bond motifs is 1. The lowest BCUT2D eigenvalue weighted by Gasteiger charge is -2.50. The van der Waals surface area contributed by atoms with Crippen molar-refractivity contribution in [1.29, 1.82) is 0 Å². The van der Waals surface area contributed by atoms with E-state index >= 15 is 0 Å². The molecule has 0 unspecified atom stereocenters. The monoisotopic (exact) mass is 300 g/mol. The van der Waals surface area contributed by atoms with Gasteiger partial charge in [-0.15, -0.1) is 0 Å². The second-order valence-corrected chi connectivity index (χ2v) is 7.46. The zero-order valence-electron chi connectivity index (χ0n) is 13.1. The van der Waals surface area contributed by atoms with Gasteiger partial charge in [0, 0.05) is 25.3 Å². The third-order valence-corrected chi connectivity index (χ3v) is 6.17. The normalized spacial score (nSPS) is 27.2. The molecule has 2 fully saturated rings. The molecular formula is C18H24N2O2. The first-order chi connectivity index (χ1) is 10.7. The molecule has 4 rings (SSSR count). The highest BCUT2D eigenvalue weighted by Gasteiger charge is 2.42. The smallest absolute Gasteiger partial charge is 0.337 e. The van der Waals surface area contributed by atoms with Crippen molar-refractivity contribution >= 4 is 5.97 Å². The van der Waals surface area contributed by atoms with Gasteiger partial charge >= 0.3 is 5.97 Å². The van der Waals surface area contributed by atoms with Crippen molar-refractivity contribution in [2.45, 2.75) is 64.0 Å². The molecule has 1 aromatic rings. The molecular weight excluding hydrogens is 276 g/mol. The minimum absolute atomic E-state index is 0.318. The van der Waals surface area contributed by atoms with Gasteiger partial charge in [0.2, 0.25) is 0 Å². The second kappa shape index (κ2) is 5.34. The number of rotatable bonds is 2. The summed E-state index contributed by atoms with van der Waals surface area (Å²) < 4.78 is 0. The summed E-state index contributed by atoms with van der Waals surface area (Å²) in [6, 6.07) is 2.53. The lowest BCUT2D eigenvalue weighted by Crippen LogP contribution is -2.47. The highest BCUT2D eigenvalue weighted by molar-refractivity contribution is 5.87. The molecule has 3 aliphatic rings. The number of carbonyl (C=O) groups is 1. The van der Waals surface area contributed by atoms with E-state index in [-0.39, 0.29) is 0 Å². The number of aromatic nitrogens is 1. The van der Waals surface area contributed by atoms with Crippen LogP contribution < -0.4 is 0 Å². The molecule has 1 N–H and O–H groups in total. The highest BCUT2D eigenvalue weighted by atomic mass is 16.4. The largest absolute Gasteiger partial charge is 0.478 e. The number of pyridine rings is 1. The third-order valence-electron chi connectivity index (χ3n) is 6.17. The zero-order chi connectivity index (χ0) is 15.2. The van der Waals surface area contributed by atoms with E-state index in [1.807, 2.05) is 6.07 Å². The molecule has 2 aliphatic carbocycles. The fraction of sp³-hybridized carbons (Fsp3) is 0.667. The summed E-state index contributed by atoms with van der Waals surface area (Å²) in [7, 11) is 0. The van der Waals surface area contributed by atoms with E-state index in [4.69, 9.17) is 5.11 Å². The number of hydrogen-bond acceptors (Lipinski definition) is 3. The van der Waals surface area contributed by atoms with Crippen LogP contribution in [-0.4, -0.2) is 33.5 Å². The molecule has 1 spiro atoms. The van der Waals surface area contributed by atoms with Gasteiger partial charge in [-0.25, -0.2) is 4.79 Å². The number of carboxylic acids is 1. The summed E-state index contributed by atoms with van der Waals surface area (Å²) in [6.07, 6.45) is 12.3. The van der Waals surface area contributed by atoms with Crippen molar-refractivity contribution in [1.82, 2.24) is 9.88 Å². The predicted octanol–water partition coefficient (Wildman–Crippen LogP) is 3.25. The Kier molecular flexibility index (Phi) is 3.44. The van der Waals surface area contributed by atoms with Crippen LogP contribution in [-0.2, 0) is 13.0 Å². The van der Waals surface area contributed by atoms with Crippen molar-refractivity contribution in [2.24, 2.45) is 5.41 Å². The molecule has 22 heavy (non-hydrogen) atoms. The molecule has 0 bridgehead atoms. The maximum absolute atomic E-state index is 11.1. The lowest BCUT2D eigenvalue weighted by molar-refractivity contribution is 0.0115. The predicted molar refractivity (Wildman–Crippen MR) is 83.9 cm³/mol. The lowest BCUT2D eigenvalue weighted by atomic mass is 9.59. The molecule has 2 heterocycles. The average Bonchev–Trinajstić information content (AvgIpc) is 2.52. The van der Waals surface area contributed by atoms with Gasteiger partial charge in [-0.2, -0.15) is 0 Å². The Morgan fingerprint density at radius 3 is 2.86 bits per heavy atom. The first kappa shape index (κ1) is 14.2. The fourth-order valence-corrected chi connectivity index (χ4v) is 4.72. The Balaban J connectivity index is 1.48. The minimum atomic E-state index is -0.878. The van der Waals surface area contributed by atoms with Crippen LogP contribution >= 0.6 is 0 Å². The van der Waals surface area contributed by atoms with E-state index in [0.717, 1.165) is 30.8 Å². The highest BCUT2D eigenvalue weighted by Crippen LogP contribution is 2.52. The van der Waals surface area contributed by atoms with E-state index in [0.29, 0.717) is 17.0 Å². The third kappa shape index (κ3) is 2.43. The van der Waals surface area contributed by atoms with Gasteiger partial charge in [0.25, 0.3) is 0 Å². The Morgan fingerprint density at radius 1 is 1.32 bits per heavy atom. The summed E-state index contributed by atoms with van der Waals surface area (Å²) in [5.41, 5.74) is 3.21. The van der Waals surface area contributed by atoms with Crippen molar-refractivity contribution < 1.29 is 9.90 Å². The molecule has 0 amide bonds. The number of nitrogens with zero attached hydrogens (tertiary/aromatic N) is 2. The van der Waals surface area contributed by atoms with Gasteiger partial charge in [-0.1, -0.05) is 12.8 Å². The van der Waals surface area contributed by atoms with Gasteiger partial charge in [-0.3, -0.25) is 9.88 Å². The van der Waals surface area contributed by atoms with Crippen LogP contribution in [0.5, 0.6) is 0 Å². The van der Waals surface area contributed by atoms with Crippen LogP contribution in [0.2, 0.25) is 0 Å². The zero-order valence-corrected chi connectivity index (χ0v) is 13.1. The quantitative estimate of drug-likeness (QED) is 0.911. The molecule has 118 valence electrons. The molecule has 2 saturated carbocycles. The Morgan fingerprint density at radius 2 is 2.14 bits per heavy atom. The molecule has 1 atom stereocenters. The SMILES string of the molecule is O=C(O)c1cnc2c(c1)CCN([C@H]1CCCC3(CCC3)C1)C2. The fourth-order valence-electron chi connectivity index (χ4n) is 4.72. The average molecular weight is 300 g/mol. The second-order valence-electron chi connectivity index (χ2n) is 7.46. The maximum atomic E-state index is 11.1. The molecule has 1 aromatic heterocycles.